The molecule has 0 aliphatic carbocycles. The molecule has 0 radical (unpaired) electrons. The van der Waals surface area contributed by atoms with E-state index in [1.54, 1.807) is 0 Å². The first-order valence-corrected chi connectivity index (χ1v) is 18.2. The van der Waals surface area contributed by atoms with E-state index < -0.39 is 5.97 Å². The third-order valence-corrected chi connectivity index (χ3v) is 7.60. The summed E-state index contributed by atoms with van der Waals surface area (Å²) in [5.41, 5.74) is 0. The number of allylic oxidation sites excluding steroid dienone is 4. The second kappa shape index (κ2) is 41.0. The van der Waals surface area contributed by atoms with Crippen LogP contribution in [0, 0.1) is 0 Å². The van der Waals surface area contributed by atoms with Crippen LogP contribution in [0.15, 0.2) is 24.3 Å². The van der Waals surface area contributed by atoms with Crippen LogP contribution in [0.4, 0.5) is 0 Å². The molecule has 3 heteroatoms. The molecule has 0 saturated carbocycles. The van der Waals surface area contributed by atoms with Crippen LogP contribution < -0.4 is 0 Å². The first kappa shape index (κ1) is 42.0. The standard InChI is InChI=1S/C36H70O.C2H4O2/c1-3-5-7-9-11-13-15-17-19-21-23-25-27-29-31-33-35-37-36-34-32-30-28-26-24-22-20-18-16-14-12-10-8-6-4-2;1-2(3)4/h17-20H,3-16,21-36H2,1-2H3;1H3,(H,3,4)/b19-17-,20-18-;. The molecule has 0 spiro atoms. The zero-order valence-electron chi connectivity index (χ0n) is 28.3. The normalized spacial score (nSPS) is 11.4. The molecule has 0 atom stereocenters. The summed E-state index contributed by atoms with van der Waals surface area (Å²) in [6.45, 7) is 7.62. The Hall–Kier alpha value is -1.09. The van der Waals surface area contributed by atoms with Crippen molar-refractivity contribution in [3.05, 3.63) is 24.3 Å². The number of rotatable bonds is 32. The number of carboxylic acid groups (broad SMARTS) is 1. The first-order chi connectivity index (χ1) is 20.1. The van der Waals surface area contributed by atoms with Crippen LogP contribution in [-0.2, 0) is 9.53 Å². The van der Waals surface area contributed by atoms with E-state index in [0.29, 0.717) is 0 Å². The van der Waals surface area contributed by atoms with Crippen molar-refractivity contribution in [2.24, 2.45) is 0 Å². The van der Waals surface area contributed by atoms with Gasteiger partial charge in [-0.2, -0.15) is 0 Å². The lowest BCUT2D eigenvalue weighted by Gasteiger charge is -2.05. The molecule has 3 nitrogen and oxygen atoms in total. The molecule has 0 aliphatic heterocycles. The van der Waals surface area contributed by atoms with E-state index in [1.807, 2.05) is 0 Å². The van der Waals surface area contributed by atoms with E-state index in [-0.39, 0.29) is 0 Å². The second-order valence-corrected chi connectivity index (χ2v) is 12.0. The Morgan fingerprint density at radius 1 is 0.439 bits per heavy atom. The summed E-state index contributed by atoms with van der Waals surface area (Å²) in [5, 5.41) is 7.42. The van der Waals surface area contributed by atoms with Crippen molar-refractivity contribution in [2.45, 2.75) is 201 Å². The van der Waals surface area contributed by atoms with E-state index in [2.05, 4.69) is 38.2 Å². The summed E-state index contributed by atoms with van der Waals surface area (Å²) < 4.78 is 5.85. The summed E-state index contributed by atoms with van der Waals surface area (Å²) in [5.74, 6) is -0.833. The van der Waals surface area contributed by atoms with Crippen molar-refractivity contribution in [3.63, 3.8) is 0 Å². The summed E-state index contributed by atoms with van der Waals surface area (Å²) in [6, 6.07) is 0. The lowest BCUT2D eigenvalue weighted by Crippen LogP contribution is -1.97. The number of hydrogen-bond acceptors (Lipinski definition) is 2. The number of carboxylic acids is 1. The van der Waals surface area contributed by atoms with Gasteiger partial charge in [0, 0.05) is 20.1 Å². The smallest absolute Gasteiger partial charge is 0.300 e. The Labute approximate surface area is 258 Å². The molecule has 0 unspecified atom stereocenters. The molecule has 0 aromatic heterocycles. The van der Waals surface area contributed by atoms with Gasteiger partial charge in [0.1, 0.15) is 0 Å². The highest BCUT2D eigenvalue weighted by molar-refractivity contribution is 5.62. The summed E-state index contributed by atoms with van der Waals surface area (Å²) in [4.78, 5) is 9.00. The average Bonchev–Trinajstić information content (AvgIpc) is 2.95. The van der Waals surface area contributed by atoms with Gasteiger partial charge in [-0.15, -0.1) is 0 Å². The molecular weight excluding hydrogens is 504 g/mol. The van der Waals surface area contributed by atoms with Crippen LogP contribution in [0.5, 0.6) is 0 Å². The van der Waals surface area contributed by atoms with Crippen molar-refractivity contribution < 1.29 is 14.6 Å². The Balaban J connectivity index is 0. The fraction of sp³-hybridized carbons (Fsp3) is 0.868. The topological polar surface area (TPSA) is 46.5 Å². The van der Waals surface area contributed by atoms with Crippen molar-refractivity contribution >= 4 is 5.97 Å². The number of aliphatic carboxylic acids is 1. The fourth-order valence-electron chi connectivity index (χ4n) is 5.01. The van der Waals surface area contributed by atoms with Gasteiger partial charge in [0.05, 0.1) is 0 Å². The van der Waals surface area contributed by atoms with Crippen molar-refractivity contribution in [1.29, 1.82) is 0 Å². The molecule has 0 aliphatic rings. The molecule has 0 heterocycles. The molecule has 0 saturated heterocycles. The summed E-state index contributed by atoms with van der Waals surface area (Å²) >= 11 is 0. The van der Waals surface area contributed by atoms with E-state index >= 15 is 0 Å². The SMILES string of the molecule is CC(=O)O.CCCCCCCC/C=C\CCCCCCCCOCCCCCCCC/C=C\CCCCCCCC. The zero-order valence-corrected chi connectivity index (χ0v) is 28.3. The molecule has 0 amide bonds. The molecule has 0 aromatic rings. The Kier molecular flexibility index (Phi) is 42.1. The Bertz CT molecular complexity index is 482. The van der Waals surface area contributed by atoms with E-state index in [4.69, 9.17) is 14.6 Å². The van der Waals surface area contributed by atoms with Gasteiger partial charge in [0.2, 0.25) is 0 Å². The Morgan fingerprint density at radius 3 is 0.927 bits per heavy atom. The fourth-order valence-corrected chi connectivity index (χ4v) is 5.01. The van der Waals surface area contributed by atoms with Crippen molar-refractivity contribution in [3.8, 4) is 0 Å². The van der Waals surface area contributed by atoms with Gasteiger partial charge >= 0.3 is 0 Å². The second-order valence-electron chi connectivity index (χ2n) is 12.0. The maximum absolute atomic E-state index is 9.00. The van der Waals surface area contributed by atoms with Crippen LogP contribution >= 0.6 is 0 Å². The molecule has 41 heavy (non-hydrogen) atoms. The quantitative estimate of drug-likeness (QED) is 0.0638. The van der Waals surface area contributed by atoms with Gasteiger partial charge in [0.25, 0.3) is 5.97 Å². The minimum Gasteiger partial charge on any atom is -0.481 e. The lowest BCUT2D eigenvalue weighted by molar-refractivity contribution is -0.134. The van der Waals surface area contributed by atoms with Gasteiger partial charge in [-0.3, -0.25) is 4.79 Å². The van der Waals surface area contributed by atoms with Crippen LogP contribution in [0.2, 0.25) is 0 Å². The number of hydrogen-bond donors (Lipinski definition) is 1. The maximum Gasteiger partial charge on any atom is 0.300 e. The van der Waals surface area contributed by atoms with E-state index in [1.165, 1.54) is 180 Å². The molecular formula is C38H74O3. The summed E-state index contributed by atoms with van der Waals surface area (Å²) in [6.07, 6.45) is 48.1. The molecule has 0 fully saturated rings. The molecule has 1 N–H and O–H groups in total. The predicted octanol–water partition coefficient (Wildman–Crippen LogP) is 13.2. The van der Waals surface area contributed by atoms with Crippen LogP contribution in [-0.4, -0.2) is 24.3 Å². The van der Waals surface area contributed by atoms with Gasteiger partial charge < -0.3 is 9.84 Å². The van der Waals surface area contributed by atoms with Gasteiger partial charge in [0.15, 0.2) is 0 Å². The maximum atomic E-state index is 9.00. The monoisotopic (exact) mass is 579 g/mol. The number of ether oxygens (including phenoxy) is 1. The van der Waals surface area contributed by atoms with Gasteiger partial charge in [-0.25, -0.2) is 0 Å². The highest BCUT2D eigenvalue weighted by Gasteiger charge is 1.95. The number of unbranched alkanes of at least 4 members (excludes halogenated alkanes) is 24. The first-order valence-electron chi connectivity index (χ1n) is 18.2. The molecule has 0 aromatic carbocycles. The minimum atomic E-state index is -0.833. The van der Waals surface area contributed by atoms with Crippen molar-refractivity contribution in [1.82, 2.24) is 0 Å². The highest BCUT2D eigenvalue weighted by Crippen LogP contribution is 2.12. The zero-order chi connectivity index (χ0) is 30.3. The third-order valence-electron chi connectivity index (χ3n) is 7.60. The minimum absolute atomic E-state index is 0.833. The van der Waals surface area contributed by atoms with Gasteiger partial charge in [-0.05, 0) is 64.2 Å². The molecule has 244 valence electrons. The third kappa shape index (κ3) is 48.9. The lowest BCUT2D eigenvalue weighted by atomic mass is 10.1. The molecule has 0 bridgehead atoms. The van der Waals surface area contributed by atoms with Crippen LogP contribution in [0.1, 0.15) is 201 Å². The van der Waals surface area contributed by atoms with E-state index in [0.717, 1.165) is 20.1 Å². The average molecular weight is 579 g/mol. The largest absolute Gasteiger partial charge is 0.481 e. The summed E-state index contributed by atoms with van der Waals surface area (Å²) in [7, 11) is 0. The van der Waals surface area contributed by atoms with E-state index in [9.17, 15) is 0 Å². The highest BCUT2D eigenvalue weighted by atomic mass is 16.5. The van der Waals surface area contributed by atoms with Gasteiger partial charge in [-0.1, -0.05) is 154 Å². The number of carbonyl (C=O) groups is 1. The molecule has 0 rings (SSSR count). The van der Waals surface area contributed by atoms with Crippen LogP contribution in [0.25, 0.3) is 0 Å². The Morgan fingerprint density at radius 2 is 0.659 bits per heavy atom. The van der Waals surface area contributed by atoms with Crippen molar-refractivity contribution in [2.75, 3.05) is 13.2 Å². The predicted molar refractivity (Wildman–Crippen MR) is 183 cm³/mol. The van der Waals surface area contributed by atoms with Crippen LogP contribution in [0.3, 0.4) is 0 Å².